The van der Waals surface area contributed by atoms with Gasteiger partial charge in [-0.3, -0.25) is 4.79 Å². The number of carbonyl (C=O) groups excluding carboxylic acids is 1. The van der Waals surface area contributed by atoms with Gasteiger partial charge in [0.1, 0.15) is 0 Å². The summed E-state index contributed by atoms with van der Waals surface area (Å²) in [4.78, 5) is 12.8. The summed E-state index contributed by atoms with van der Waals surface area (Å²) in [5, 5.41) is 2.87. The van der Waals surface area contributed by atoms with Crippen LogP contribution in [0.1, 0.15) is 23.0 Å². The summed E-state index contributed by atoms with van der Waals surface area (Å²) in [6, 6.07) is 1.82. The normalized spacial score (nSPS) is 12.5. The Morgan fingerprint density at radius 3 is 2.73 bits per heavy atom. The monoisotopic (exact) mass is 417 g/mol. The molecule has 1 N–H and O–H groups in total. The summed E-state index contributed by atoms with van der Waals surface area (Å²) in [5.41, 5.74) is 0. The molecule has 2 nitrogen and oxygen atoms in total. The standard InChI is InChI=1S/C9H10Br3NOS/c1-5(10)2-3-13-9(14)7-4-6(11)8(12)15-7/h4-5H,2-3H2,1H3,(H,13,14). The van der Waals surface area contributed by atoms with Crippen LogP contribution in [-0.4, -0.2) is 17.3 Å². The molecule has 0 aliphatic heterocycles. The van der Waals surface area contributed by atoms with Crippen molar-refractivity contribution in [3.05, 3.63) is 19.2 Å². The van der Waals surface area contributed by atoms with Gasteiger partial charge in [-0.1, -0.05) is 22.9 Å². The fourth-order valence-corrected chi connectivity index (χ4v) is 3.11. The number of halogens is 3. The maximum Gasteiger partial charge on any atom is 0.261 e. The zero-order valence-corrected chi connectivity index (χ0v) is 13.6. The molecular formula is C9H10Br3NOS. The molecule has 0 aliphatic rings. The molecule has 84 valence electrons. The molecule has 15 heavy (non-hydrogen) atoms. The van der Waals surface area contributed by atoms with Gasteiger partial charge in [-0.15, -0.1) is 11.3 Å². The Bertz CT molecular complexity index is 332. The van der Waals surface area contributed by atoms with Crippen molar-refractivity contribution in [2.75, 3.05) is 6.54 Å². The lowest BCUT2D eigenvalue weighted by Gasteiger charge is -2.04. The highest BCUT2D eigenvalue weighted by Gasteiger charge is 2.11. The zero-order chi connectivity index (χ0) is 11.4. The fourth-order valence-electron chi connectivity index (χ4n) is 0.930. The number of carbonyl (C=O) groups is 1. The fraction of sp³-hybridized carbons (Fsp3) is 0.444. The summed E-state index contributed by atoms with van der Waals surface area (Å²) in [6.07, 6.45) is 0.930. The molecule has 0 aliphatic carbocycles. The van der Waals surface area contributed by atoms with Crippen LogP contribution >= 0.6 is 59.1 Å². The number of thiophene rings is 1. The molecule has 1 aromatic heterocycles. The summed E-state index contributed by atoms with van der Waals surface area (Å²) in [5.74, 6) is -0.0143. The van der Waals surface area contributed by atoms with E-state index in [1.54, 1.807) is 0 Å². The van der Waals surface area contributed by atoms with Gasteiger partial charge in [-0.25, -0.2) is 0 Å². The van der Waals surface area contributed by atoms with E-state index in [2.05, 4.69) is 60.0 Å². The van der Waals surface area contributed by atoms with E-state index in [1.165, 1.54) is 11.3 Å². The molecule has 0 saturated heterocycles. The average Bonchev–Trinajstić information content (AvgIpc) is 2.46. The molecule has 0 spiro atoms. The van der Waals surface area contributed by atoms with E-state index in [9.17, 15) is 4.79 Å². The second kappa shape index (κ2) is 6.37. The third kappa shape index (κ3) is 4.54. The van der Waals surface area contributed by atoms with Gasteiger partial charge in [0.05, 0.1) is 8.66 Å². The van der Waals surface area contributed by atoms with E-state index in [-0.39, 0.29) is 5.91 Å². The van der Waals surface area contributed by atoms with Crippen LogP contribution in [0.5, 0.6) is 0 Å². The van der Waals surface area contributed by atoms with Crippen LogP contribution in [0, 0.1) is 0 Å². The summed E-state index contributed by atoms with van der Waals surface area (Å²) in [6.45, 7) is 2.75. The number of hydrogen-bond donors (Lipinski definition) is 1. The molecule has 0 saturated carbocycles. The van der Waals surface area contributed by atoms with Crippen LogP contribution in [-0.2, 0) is 0 Å². The largest absolute Gasteiger partial charge is 0.351 e. The van der Waals surface area contributed by atoms with Gasteiger partial charge in [-0.2, -0.15) is 0 Å². The Labute approximate surface area is 118 Å². The third-order valence-corrected chi connectivity index (χ3v) is 5.41. The van der Waals surface area contributed by atoms with E-state index in [4.69, 9.17) is 0 Å². The van der Waals surface area contributed by atoms with Crippen molar-refractivity contribution in [1.29, 1.82) is 0 Å². The van der Waals surface area contributed by atoms with Crippen LogP contribution in [0.3, 0.4) is 0 Å². The highest BCUT2D eigenvalue weighted by atomic mass is 79.9. The maximum absolute atomic E-state index is 11.6. The van der Waals surface area contributed by atoms with E-state index < -0.39 is 0 Å². The van der Waals surface area contributed by atoms with Gasteiger partial charge >= 0.3 is 0 Å². The Morgan fingerprint density at radius 2 is 2.27 bits per heavy atom. The van der Waals surface area contributed by atoms with Gasteiger partial charge in [0.15, 0.2) is 0 Å². The third-order valence-electron chi connectivity index (χ3n) is 1.70. The predicted molar refractivity (Wildman–Crippen MR) is 75.1 cm³/mol. The van der Waals surface area contributed by atoms with Crippen LogP contribution in [0.15, 0.2) is 14.3 Å². The minimum Gasteiger partial charge on any atom is -0.351 e. The molecule has 0 bridgehead atoms. The molecule has 1 atom stereocenters. The predicted octanol–water partition coefficient (Wildman–Crippen LogP) is 4.18. The lowest BCUT2D eigenvalue weighted by molar-refractivity contribution is 0.0957. The molecule has 6 heteroatoms. The van der Waals surface area contributed by atoms with Crippen LogP contribution in [0.25, 0.3) is 0 Å². The van der Waals surface area contributed by atoms with E-state index in [0.717, 1.165) is 19.6 Å². The Balaban J connectivity index is 2.47. The molecule has 0 radical (unpaired) electrons. The number of alkyl halides is 1. The number of nitrogens with one attached hydrogen (secondary N) is 1. The molecule has 0 aromatic carbocycles. The smallest absolute Gasteiger partial charge is 0.261 e. The van der Waals surface area contributed by atoms with Crippen molar-refractivity contribution in [2.24, 2.45) is 0 Å². The summed E-state index contributed by atoms with van der Waals surface area (Å²) in [7, 11) is 0. The van der Waals surface area contributed by atoms with Crippen LogP contribution in [0.2, 0.25) is 0 Å². The Hall–Kier alpha value is 0.610. The second-order valence-corrected chi connectivity index (χ2v) is 7.85. The molecule has 1 heterocycles. The lowest BCUT2D eigenvalue weighted by Crippen LogP contribution is -2.24. The Kier molecular flexibility index (Phi) is 5.81. The Morgan fingerprint density at radius 1 is 1.60 bits per heavy atom. The molecule has 1 aromatic rings. The van der Waals surface area contributed by atoms with Crippen molar-refractivity contribution in [2.45, 2.75) is 18.2 Å². The van der Waals surface area contributed by atoms with Crippen LogP contribution < -0.4 is 5.32 Å². The highest BCUT2D eigenvalue weighted by molar-refractivity contribution is 9.13. The number of hydrogen-bond acceptors (Lipinski definition) is 2. The molecular weight excluding hydrogens is 410 g/mol. The SMILES string of the molecule is CC(Br)CCNC(=O)c1cc(Br)c(Br)s1. The lowest BCUT2D eigenvalue weighted by atomic mass is 10.3. The first-order valence-electron chi connectivity index (χ1n) is 4.38. The highest BCUT2D eigenvalue weighted by Crippen LogP contribution is 2.32. The zero-order valence-electron chi connectivity index (χ0n) is 8.02. The molecule has 1 amide bonds. The van der Waals surface area contributed by atoms with Gasteiger partial charge in [0.2, 0.25) is 0 Å². The quantitative estimate of drug-likeness (QED) is 0.729. The van der Waals surface area contributed by atoms with E-state index in [1.807, 2.05) is 6.07 Å². The maximum atomic E-state index is 11.6. The number of amides is 1. The first-order chi connectivity index (χ1) is 7.00. The minimum atomic E-state index is -0.0143. The molecule has 1 unspecified atom stereocenters. The first-order valence-corrected chi connectivity index (χ1v) is 7.69. The van der Waals surface area contributed by atoms with Crippen molar-refractivity contribution >= 4 is 65.0 Å². The molecule has 1 rings (SSSR count). The van der Waals surface area contributed by atoms with Gasteiger partial charge in [-0.05, 0) is 44.3 Å². The average molecular weight is 420 g/mol. The minimum absolute atomic E-state index is 0.0143. The topological polar surface area (TPSA) is 29.1 Å². The van der Waals surface area contributed by atoms with Crippen molar-refractivity contribution in [1.82, 2.24) is 5.32 Å². The van der Waals surface area contributed by atoms with Crippen molar-refractivity contribution in [3.63, 3.8) is 0 Å². The van der Waals surface area contributed by atoms with Crippen LogP contribution in [0.4, 0.5) is 0 Å². The first kappa shape index (κ1) is 13.7. The van der Waals surface area contributed by atoms with Gasteiger partial charge in [0.25, 0.3) is 5.91 Å². The second-order valence-electron chi connectivity index (χ2n) is 3.06. The van der Waals surface area contributed by atoms with Crippen molar-refractivity contribution < 1.29 is 4.79 Å². The number of rotatable bonds is 4. The van der Waals surface area contributed by atoms with E-state index in [0.29, 0.717) is 11.4 Å². The van der Waals surface area contributed by atoms with E-state index >= 15 is 0 Å². The molecule has 0 fully saturated rings. The summed E-state index contributed by atoms with van der Waals surface area (Å²) >= 11 is 11.6. The van der Waals surface area contributed by atoms with Crippen molar-refractivity contribution in [3.8, 4) is 0 Å². The van der Waals surface area contributed by atoms with Gasteiger partial charge < -0.3 is 5.32 Å². The van der Waals surface area contributed by atoms with Gasteiger partial charge in [0, 0.05) is 15.8 Å². The summed E-state index contributed by atoms with van der Waals surface area (Å²) < 4.78 is 1.87.